The smallest absolute Gasteiger partial charge is 0.306 e. The third kappa shape index (κ3) is 3.57. The summed E-state index contributed by atoms with van der Waals surface area (Å²) in [6.07, 6.45) is 15.7. The van der Waals surface area contributed by atoms with Crippen molar-refractivity contribution < 1.29 is 19.1 Å². The van der Waals surface area contributed by atoms with Gasteiger partial charge in [0.05, 0.1) is 0 Å². The van der Waals surface area contributed by atoms with E-state index in [9.17, 15) is 14.4 Å². The lowest BCUT2D eigenvalue weighted by molar-refractivity contribution is -0.189. The van der Waals surface area contributed by atoms with Crippen molar-refractivity contribution in [3.05, 3.63) is 11.6 Å². The Balaban J connectivity index is 1.36. The van der Waals surface area contributed by atoms with E-state index in [-0.39, 0.29) is 22.6 Å². The van der Waals surface area contributed by atoms with Crippen LogP contribution in [0.4, 0.5) is 0 Å². The molecule has 0 amide bonds. The molecule has 0 bridgehead atoms. The molecule has 182 valence electrons. The Kier molecular flexibility index (Phi) is 5.89. The van der Waals surface area contributed by atoms with Gasteiger partial charge in [-0.05, 0) is 93.5 Å². The van der Waals surface area contributed by atoms with Crippen molar-refractivity contribution in [2.75, 3.05) is 0 Å². The number of allylic oxidation sites excluding steroid dienone is 1. The third-order valence-electron chi connectivity index (χ3n) is 11.2. The summed E-state index contributed by atoms with van der Waals surface area (Å²) < 4.78 is 6.27. The lowest BCUT2D eigenvalue weighted by Gasteiger charge is -2.59. The highest BCUT2D eigenvalue weighted by Crippen LogP contribution is 2.68. The van der Waals surface area contributed by atoms with Crippen LogP contribution in [0.5, 0.6) is 0 Å². The van der Waals surface area contributed by atoms with Crippen LogP contribution in [0.25, 0.3) is 0 Å². The molecule has 0 heterocycles. The van der Waals surface area contributed by atoms with Crippen LogP contribution in [0.3, 0.4) is 0 Å². The van der Waals surface area contributed by atoms with Gasteiger partial charge in [-0.2, -0.15) is 0 Å². The molecule has 4 heteroatoms. The van der Waals surface area contributed by atoms with Gasteiger partial charge in [0.25, 0.3) is 0 Å². The average molecular weight is 455 g/mol. The number of fused-ring (bicyclic) bond motifs is 5. The van der Waals surface area contributed by atoms with Gasteiger partial charge < -0.3 is 4.74 Å². The fourth-order valence-corrected chi connectivity index (χ4v) is 9.24. The number of esters is 1. The molecule has 0 unspecified atom stereocenters. The average Bonchev–Trinajstić information content (AvgIpc) is 3.39. The molecule has 5 aliphatic carbocycles. The number of Topliss-reactive ketones (excluding diaryl/α,β-unsaturated/α-hetero) is 1. The summed E-state index contributed by atoms with van der Waals surface area (Å²) in [5.74, 6) is 2.38. The van der Waals surface area contributed by atoms with Crippen molar-refractivity contribution in [3.63, 3.8) is 0 Å². The molecule has 0 saturated heterocycles. The number of hydrogen-bond donors (Lipinski definition) is 0. The number of hydrogen-bond acceptors (Lipinski definition) is 4. The Labute approximate surface area is 199 Å². The zero-order chi connectivity index (χ0) is 23.4. The van der Waals surface area contributed by atoms with E-state index < -0.39 is 5.60 Å². The van der Waals surface area contributed by atoms with Gasteiger partial charge in [0.1, 0.15) is 0 Å². The van der Waals surface area contributed by atoms with Gasteiger partial charge in [-0.15, -0.1) is 0 Å². The minimum atomic E-state index is -0.949. The predicted molar refractivity (Wildman–Crippen MR) is 127 cm³/mol. The number of carbonyl (C=O) groups is 3. The first-order valence-electron chi connectivity index (χ1n) is 13.7. The van der Waals surface area contributed by atoms with E-state index in [1.165, 1.54) is 31.3 Å². The molecule has 0 aromatic carbocycles. The van der Waals surface area contributed by atoms with Gasteiger partial charge in [0.15, 0.2) is 17.2 Å². The van der Waals surface area contributed by atoms with Gasteiger partial charge >= 0.3 is 5.97 Å². The van der Waals surface area contributed by atoms with E-state index in [1.54, 1.807) is 6.92 Å². The molecule has 4 fully saturated rings. The molecule has 6 atom stereocenters. The Bertz CT molecular complexity index is 867. The lowest BCUT2D eigenvalue weighted by Crippen LogP contribution is -2.58. The molecule has 0 aliphatic heterocycles. The largest absolute Gasteiger partial charge is 0.450 e. The van der Waals surface area contributed by atoms with Crippen LogP contribution in [0.1, 0.15) is 111 Å². The fourth-order valence-electron chi connectivity index (χ4n) is 9.24. The molecule has 4 saturated carbocycles. The number of carbonyl (C=O) groups excluding carboxylic acids is 3. The van der Waals surface area contributed by atoms with Crippen LogP contribution in [-0.2, 0) is 19.1 Å². The normalized spacial score (nSPS) is 42.8. The van der Waals surface area contributed by atoms with E-state index in [1.807, 2.05) is 6.08 Å². The van der Waals surface area contributed by atoms with Crippen molar-refractivity contribution >= 4 is 17.5 Å². The van der Waals surface area contributed by atoms with Crippen LogP contribution in [0, 0.1) is 34.5 Å². The second-order valence-electron chi connectivity index (χ2n) is 12.5. The standard InChI is InChI=1S/C29H42O4/c1-19(30)29(33-26(32)11-8-20-6-4-5-7-20)17-14-25-23-10-9-21-18-22(31)12-15-27(21,2)24(23)13-16-28(25,29)3/h18,20,23-25H,4-17H2,1-3H3/t23-,24+,25+,27+,28+,29+/m1/s1. The van der Waals surface area contributed by atoms with Crippen molar-refractivity contribution in [2.24, 2.45) is 34.5 Å². The van der Waals surface area contributed by atoms with Crippen LogP contribution in [0.15, 0.2) is 11.6 Å². The predicted octanol–water partition coefficient (Wildman–Crippen LogP) is 6.36. The van der Waals surface area contributed by atoms with Gasteiger partial charge in [-0.1, -0.05) is 45.1 Å². The van der Waals surface area contributed by atoms with Crippen molar-refractivity contribution in [1.82, 2.24) is 0 Å². The zero-order valence-electron chi connectivity index (χ0n) is 20.9. The lowest BCUT2D eigenvalue weighted by atomic mass is 9.46. The fraction of sp³-hybridized carbons (Fsp3) is 0.828. The summed E-state index contributed by atoms with van der Waals surface area (Å²) in [7, 11) is 0. The van der Waals surface area contributed by atoms with Crippen LogP contribution in [0.2, 0.25) is 0 Å². The molecule has 0 aromatic rings. The van der Waals surface area contributed by atoms with Crippen LogP contribution < -0.4 is 0 Å². The minimum Gasteiger partial charge on any atom is -0.450 e. The molecular weight excluding hydrogens is 412 g/mol. The van der Waals surface area contributed by atoms with E-state index in [0.29, 0.717) is 48.7 Å². The minimum absolute atomic E-state index is 0.0473. The Morgan fingerprint density at radius 1 is 0.970 bits per heavy atom. The highest BCUT2D eigenvalue weighted by Gasteiger charge is 2.67. The molecule has 33 heavy (non-hydrogen) atoms. The summed E-state index contributed by atoms with van der Waals surface area (Å²) >= 11 is 0. The first-order valence-corrected chi connectivity index (χ1v) is 13.7. The Morgan fingerprint density at radius 2 is 1.70 bits per heavy atom. The summed E-state index contributed by atoms with van der Waals surface area (Å²) in [4.78, 5) is 38.3. The maximum atomic E-state index is 13.2. The van der Waals surface area contributed by atoms with Crippen LogP contribution in [-0.4, -0.2) is 23.1 Å². The number of ether oxygens (including phenoxy) is 1. The molecule has 5 aliphatic rings. The summed E-state index contributed by atoms with van der Waals surface area (Å²) in [6, 6.07) is 0. The van der Waals surface area contributed by atoms with Gasteiger partial charge in [0, 0.05) is 18.3 Å². The molecule has 0 radical (unpaired) electrons. The Morgan fingerprint density at radius 3 is 2.42 bits per heavy atom. The topological polar surface area (TPSA) is 60.4 Å². The maximum absolute atomic E-state index is 13.2. The molecule has 0 N–H and O–H groups in total. The summed E-state index contributed by atoms with van der Waals surface area (Å²) in [5.41, 5.74) is 0.273. The second kappa shape index (κ2) is 8.34. The molecular formula is C29H42O4. The van der Waals surface area contributed by atoms with Gasteiger partial charge in [-0.3, -0.25) is 14.4 Å². The van der Waals surface area contributed by atoms with Crippen LogP contribution >= 0.6 is 0 Å². The highest BCUT2D eigenvalue weighted by molar-refractivity contribution is 5.91. The van der Waals surface area contributed by atoms with Crippen molar-refractivity contribution in [3.8, 4) is 0 Å². The monoisotopic (exact) mass is 454 g/mol. The van der Waals surface area contributed by atoms with E-state index >= 15 is 0 Å². The molecule has 5 rings (SSSR count). The van der Waals surface area contributed by atoms with Gasteiger partial charge in [0.2, 0.25) is 0 Å². The summed E-state index contributed by atoms with van der Waals surface area (Å²) in [5, 5.41) is 0. The zero-order valence-corrected chi connectivity index (χ0v) is 20.9. The molecule has 0 aromatic heterocycles. The van der Waals surface area contributed by atoms with Gasteiger partial charge in [-0.25, -0.2) is 0 Å². The SMILES string of the molecule is CC(=O)[C@@]1(OC(=O)CCC2CCCC2)CC[C@H]2[C@@H]3CCC4=CC(=O)CC[C@]4(C)[C@H]3CC[C@@]21C. The maximum Gasteiger partial charge on any atom is 0.306 e. The van der Waals surface area contributed by atoms with E-state index in [4.69, 9.17) is 4.74 Å². The van der Waals surface area contributed by atoms with E-state index in [2.05, 4.69) is 13.8 Å². The van der Waals surface area contributed by atoms with E-state index in [0.717, 1.165) is 44.9 Å². The molecule has 0 spiro atoms. The Hall–Kier alpha value is -1.45. The second-order valence-corrected chi connectivity index (χ2v) is 12.5. The highest BCUT2D eigenvalue weighted by atomic mass is 16.6. The van der Waals surface area contributed by atoms with Crippen molar-refractivity contribution in [2.45, 2.75) is 116 Å². The quantitative estimate of drug-likeness (QED) is 0.454. The number of rotatable bonds is 5. The number of ketones is 2. The third-order valence-corrected chi connectivity index (χ3v) is 11.2. The first kappa shape index (κ1) is 23.3. The first-order chi connectivity index (χ1) is 15.7. The molecule has 4 nitrogen and oxygen atoms in total. The van der Waals surface area contributed by atoms with Crippen molar-refractivity contribution in [1.29, 1.82) is 0 Å². The summed E-state index contributed by atoms with van der Waals surface area (Å²) in [6.45, 7) is 6.30.